The Hall–Kier alpha value is -8.20. The molecule has 0 saturated heterocycles. The standard InChI is InChI=1S/C64H36O2Se/c1-3-18-46-44(16-1)60(45-17-2-4-19-47(45)61(46)38-28-31-42-40-14-9-11-25-54(40)65-56(42)35-38)37-30-33-58-53(34-37)64-52(24-13-27-59(64)67-58)63-50-22-7-5-20-48(50)62(49-21-6-8-23-51(49)63)39-29-32-43-41-15-10-12-26-55(41)66-57(43)36-39/h1-36H. The maximum atomic E-state index is 6.45. The first-order valence-electron chi connectivity index (χ1n) is 22.9. The Bertz CT molecular complexity index is 4470. The molecule has 0 aliphatic carbocycles. The van der Waals surface area contributed by atoms with Crippen molar-refractivity contribution in [3.05, 3.63) is 218 Å². The van der Waals surface area contributed by atoms with Gasteiger partial charge in [0.2, 0.25) is 0 Å². The van der Waals surface area contributed by atoms with Gasteiger partial charge in [-0.1, -0.05) is 36.4 Å². The molecule has 15 rings (SSSR count). The van der Waals surface area contributed by atoms with Gasteiger partial charge in [-0.25, -0.2) is 0 Å². The van der Waals surface area contributed by atoms with E-state index in [9.17, 15) is 0 Å². The molecule has 0 unspecified atom stereocenters. The van der Waals surface area contributed by atoms with Gasteiger partial charge < -0.3 is 0 Å². The van der Waals surface area contributed by atoms with Crippen LogP contribution in [0.25, 0.3) is 151 Å². The van der Waals surface area contributed by atoms with Gasteiger partial charge in [0.05, 0.1) is 0 Å². The quantitative estimate of drug-likeness (QED) is 0.130. The van der Waals surface area contributed by atoms with Gasteiger partial charge in [0.15, 0.2) is 0 Å². The molecule has 0 bridgehead atoms. The van der Waals surface area contributed by atoms with Crippen molar-refractivity contribution in [2.45, 2.75) is 0 Å². The summed E-state index contributed by atoms with van der Waals surface area (Å²) in [6.45, 7) is 0. The van der Waals surface area contributed by atoms with E-state index in [2.05, 4.69) is 206 Å². The molecule has 15 aromatic rings. The Kier molecular flexibility index (Phi) is 7.83. The van der Waals surface area contributed by atoms with E-state index in [0.717, 1.165) is 55.0 Å². The molecular formula is C64H36O2Se. The molecule has 0 N–H and O–H groups in total. The predicted molar refractivity (Wildman–Crippen MR) is 285 cm³/mol. The number of benzene rings is 12. The van der Waals surface area contributed by atoms with Gasteiger partial charge in [-0.15, -0.1) is 0 Å². The summed E-state index contributed by atoms with van der Waals surface area (Å²) in [5, 5.41) is 17.2. The summed E-state index contributed by atoms with van der Waals surface area (Å²) in [4.78, 5) is 0. The van der Waals surface area contributed by atoms with Crippen molar-refractivity contribution in [2.24, 2.45) is 0 Å². The van der Waals surface area contributed by atoms with E-state index in [1.807, 2.05) is 12.1 Å². The van der Waals surface area contributed by atoms with E-state index in [1.165, 1.54) is 95.8 Å². The van der Waals surface area contributed by atoms with Crippen LogP contribution in [0.3, 0.4) is 0 Å². The zero-order valence-electron chi connectivity index (χ0n) is 36.0. The third-order valence-electron chi connectivity index (χ3n) is 14.3. The van der Waals surface area contributed by atoms with Crippen molar-refractivity contribution in [3.63, 3.8) is 0 Å². The van der Waals surface area contributed by atoms with E-state index < -0.39 is 0 Å². The summed E-state index contributed by atoms with van der Waals surface area (Å²) in [6.07, 6.45) is 0. The van der Waals surface area contributed by atoms with Crippen LogP contribution in [-0.2, 0) is 0 Å². The fourth-order valence-corrected chi connectivity index (χ4v) is 13.8. The van der Waals surface area contributed by atoms with Crippen LogP contribution in [0.2, 0.25) is 0 Å². The van der Waals surface area contributed by atoms with Crippen molar-refractivity contribution in [1.29, 1.82) is 0 Å². The summed E-state index contributed by atoms with van der Waals surface area (Å²) in [6, 6.07) is 80.3. The van der Waals surface area contributed by atoms with Gasteiger partial charge in [0.1, 0.15) is 5.58 Å². The number of hydrogen-bond donors (Lipinski definition) is 0. The van der Waals surface area contributed by atoms with Gasteiger partial charge in [-0.2, -0.15) is 0 Å². The predicted octanol–water partition coefficient (Wildman–Crippen LogP) is 18.1. The molecule has 0 radical (unpaired) electrons. The Morgan fingerprint density at radius 2 is 0.612 bits per heavy atom. The molecule has 3 heteroatoms. The van der Waals surface area contributed by atoms with Gasteiger partial charge >= 0.3 is 333 Å². The van der Waals surface area contributed by atoms with Gasteiger partial charge in [0.25, 0.3) is 0 Å². The Morgan fingerprint density at radius 3 is 1.07 bits per heavy atom. The molecule has 0 aliphatic rings. The maximum absolute atomic E-state index is 6.45. The molecular weight excluding hydrogens is 880 g/mol. The van der Waals surface area contributed by atoms with Crippen molar-refractivity contribution in [2.75, 3.05) is 0 Å². The average Bonchev–Trinajstić information content (AvgIpc) is 4.07. The number of para-hydroxylation sites is 2. The molecule has 0 amide bonds. The normalized spacial score (nSPS) is 12.2. The summed E-state index contributed by atoms with van der Waals surface area (Å²) in [7, 11) is 0. The zero-order valence-corrected chi connectivity index (χ0v) is 37.7. The van der Waals surface area contributed by atoms with Crippen LogP contribution >= 0.6 is 0 Å². The number of hydrogen-bond acceptors (Lipinski definition) is 2. The number of furan rings is 2. The summed E-state index contributed by atoms with van der Waals surface area (Å²) in [5.41, 5.74) is 13.5. The molecule has 2 nitrogen and oxygen atoms in total. The Balaban J connectivity index is 0.961. The fraction of sp³-hybridized carbons (Fsp3) is 0. The summed E-state index contributed by atoms with van der Waals surface area (Å²) < 4.78 is 15.7. The molecule has 0 fully saturated rings. The van der Waals surface area contributed by atoms with Crippen molar-refractivity contribution >= 4 is 121 Å². The van der Waals surface area contributed by atoms with Crippen LogP contribution in [0, 0.1) is 0 Å². The van der Waals surface area contributed by atoms with Crippen LogP contribution in [-0.4, -0.2) is 14.5 Å². The van der Waals surface area contributed by atoms with Gasteiger partial charge in [-0.3, -0.25) is 0 Å². The van der Waals surface area contributed by atoms with Gasteiger partial charge in [0, 0.05) is 5.39 Å². The third-order valence-corrected chi connectivity index (χ3v) is 16.6. The third kappa shape index (κ3) is 5.39. The molecule has 310 valence electrons. The Morgan fingerprint density at radius 1 is 0.239 bits per heavy atom. The van der Waals surface area contributed by atoms with E-state index in [0.29, 0.717) is 0 Å². The number of rotatable bonds is 4. The van der Waals surface area contributed by atoms with E-state index in [1.54, 1.807) is 0 Å². The minimum atomic E-state index is 0.163. The molecule has 0 atom stereocenters. The fourth-order valence-electron chi connectivity index (χ4n) is 11.4. The van der Waals surface area contributed by atoms with E-state index in [-0.39, 0.29) is 14.5 Å². The Labute approximate surface area is 390 Å². The van der Waals surface area contributed by atoms with Crippen LogP contribution < -0.4 is 0 Å². The first-order valence-corrected chi connectivity index (χ1v) is 24.6. The van der Waals surface area contributed by atoms with Crippen LogP contribution in [0.4, 0.5) is 0 Å². The molecule has 67 heavy (non-hydrogen) atoms. The topological polar surface area (TPSA) is 26.3 Å². The van der Waals surface area contributed by atoms with E-state index >= 15 is 0 Å². The second-order valence-corrected chi connectivity index (χ2v) is 20.1. The summed E-state index contributed by atoms with van der Waals surface area (Å²) in [5.74, 6) is 0. The molecule has 3 aromatic heterocycles. The van der Waals surface area contributed by atoms with Gasteiger partial charge in [-0.05, 0) is 12.1 Å². The molecule has 0 saturated carbocycles. The first kappa shape index (κ1) is 37.1. The SMILES string of the molecule is c1ccc2c(c1)oc1cc(-c3c4ccccc4c(-c4ccc5[se]c6cccc(-c7c8ccccc8c(-c8ccc9c(c8)oc8ccccc89)c8ccccc78)c6c5c4)c4ccccc34)ccc12. The van der Waals surface area contributed by atoms with Crippen molar-refractivity contribution in [1.82, 2.24) is 0 Å². The second-order valence-electron chi connectivity index (χ2n) is 17.8. The minimum absolute atomic E-state index is 0.163. The zero-order chi connectivity index (χ0) is 43.7. The molecule has 0 spiro atoms. The number of fused-ring (bicyclic) bond motifs is 13. The van der Waals surface area contributed by atoms with E-state index in [4.69, 9.17) is 8.83 Å². The van der Waals surface area contributed by atoms with Crippen LogP contribution in [0.1, 0.15) is 0 Å². The monoisotopic (exact) mass is 916 g/mol. The first-order chi connectivity index (χ1) is 33.2. The second kappa shape index (κ2) is 14.1. The molecule has 3 heterocycles. The van der Waals surface area contributed by atoms with Crippen LogP contribution in [0.5, 0.6) is 0 Å². The average molecular weight is 916 g/mol. The summed E-state index contributed by atoms with van der Waals surface area (Å²) >= 11 is 0.163. The van der Waals surface area contributed by atoms with Crippen molar-refractivity contribution in [3.8, 4) is 44.5 Å². The van der Waals surface area contributed by atoms with Crippen molar-refractivity contribution < 1.29 is 8.83 Å². The van der Waals surface area contributed by atoms with Crippen LogP contribution in [0.15, 0.2) is 227 Å². The molecule has 0 aliphatic heterocycles. The molecule has 12 aromatic carbocycles.